The molecule has 0 spiro atoms. The fraction of sp³-hybridized carbons (Fsp3) is 0.250. The number of ketones is 1. The Bertz CT molecular complexity index is 533. The molecule has 2 N–H and O–H groups in total. The number of hydrogen-bond donors (Lipinski definition) is 2. The van der Waals surface area contributed by atoms with Crippen LogP contribution in [-0.2, 0) is 4.79 Å². The van der Waals surface area contributed by atoms with Crippen LogP contribution in [0.1, 0.15) is 34.5 Å². The SMILES string of the molecule is CC(Br)C(=O)c1cccc(C#N)c1C(O)C(=O)O. The molecule has 94 valence electrons. The van der Waals surface area contributed by atoms with Gasteiger partial charge < -0.3 is 10.2 Å². The zero-order valence-corrected chi connectivity index (χ0v) is 11.0. The number of benzene rings is 1. The number of nitriles is 1. The van der Waals surface area contributed by atoms with Crippen molar-refractivity contribution in [3.63, 3.8) is 0 Å². The van der Waals surface area contributed by atoms with Crippen molar-refractivity contribution < 1.29 is 19.8 Å². The Hall–Kier alpha value is -1.71. The van der Waals surface area contributed by atoms with Crippen LogP contribution >= 0.6 is 15.9 Å². The van der Waals surface area contributed by atoms with Gasteiger partial charge in [-0.3, -0.25) is 4.79 Å². The van der Waals surface area contributed by atoms with Crippen LogP contribution in [0.2, 0.25) is 0 Å². The molecule has 1 aromatic carbocycles. The lowest BCUT2D eigenvalue weighted by atomic mass is 9.93. The van der Waals surface area contributed by atoms with Crippen LogP contribution in [0.25, 0.3) is 0 Å². The molecule has 0 fully saturated rings. The number of Topliss-reactive ketones (excluding diaryl/α,β-unsaturated/α-hetero) is 1. The van der Waals surface area contributed by atoms with E-state index in [1.54, 1.807) is 13.0 Å². The fourth-order valence-corrected chi connectivity index (χ4v) is 1.76. The number of aliphatic hydroxyl groups is 1. The Labute approximate surface area is 112 Å². The molecule has 0 heterocycles. The summed E-state index contributed by atoms with van der Waals surface area (Å²) in [5.41, 5.74) is -0.152. The highest BCUT2D eigenvalue weighted by atomic mass is 79.9. The molecule has 6 heteroatoms. The number of carbonyl (C=O) groups excluding carboxylic acids is 1. The van der Waals surface area contributed by atoms with E-state index >= 15 is 0 Å². The molecule has 0 aromatic heterocycles. The first-order valence-corrected chi connectivity index (χ1v) is 5.93. The first kappa shape index (κ1) is 14.4. The summed E-state index contributed by atoms with van der Waals surface area (Å²) in [4.78, 5) is 22.2. The maximum Gasteiger partial charge on any atom is 0.337 e. The van der Waals surface area contributed by atoms with Crippen LogP contribution in [0.5, 0.6) is 0 Å². The molecule has 0 radical (unpaired) electrons. The van der Waals surface area contributed by atoms with Crippen molar-refractivity contribution >= 4 is 27.7 Å². The van der Waals surface area contributed by atoms with E-state index in [1.165, 1.54) is 18.2 Å². The fourth-order valence-electron chi connectivity index (χ4n) is 1.51. The molecule has 2 atom stereocenters. The molecule has 0 amide bonds. The third-order valence-corrected chi connectivity index (χ3v) is 2.78. The van der Waals surface area contributed by atoms with Crippen LogP contribution in [0.3, 0.4) is 0 Å². The van der Waals surface area contributed by atoms with Gasteiger partial charge in [0.15, 0.2) is 11.9 Å². The quantitative estimate of drug-likeness (QED) is 0.650. The molecule has 0 aliphatic carbocycles. The molecule has 0 bridgehead atoms. The minimum atomic E-state index is -1.90. The van der Waals surface area contributed by atoms with E-state index in [-0.39, 0.29) is 22.5 Å². The first-order chi connectivity index (χ1) is 8.40. The van der Waals surface area contributed by atoms with Crippen LogP contribution in [0, 0.1) is 11.3 Å². The van der Waals surface area contributed by atoms with E-state index in [0.29, 0.717) is 0 Å². The van der Waals surface area contributed by atoms with Crippen LogP contribution in [-0.4, -0.2) is 26.8 Å². The maximum absolute atomic E-state index is 11.9. The topological polar surface area (TPSA) is 98.4 Å². The Balaban J connectivity index is 3.49. The van der Waals surface area contributed by atoms with E-state index in [1.807, 2.05) is 0 Å². The van der Waals surface area contributed by atoms with Crippen molar-refractivity contribution in [2.75, 3.05) is 0 Å². The number of carboxylic acid groups (broad SMARTS) is 1. The summed E-state index contributed by atoms with van der Waals surface area (Å²) in [6.07, 6.45) is -1.90. The average molecular weight is 312 g/mol. The lowest BCUT2D eigenvalue weighted by molar-refractivity contribution is -0.147. The van der Waals surface area contributed by atoms with Crippen molar-refractivity contribution in [1.29, 1.82) is 5.26 Å². The normalized spacial score (nSPS) is 13.4. The third-order valence-electron chi connectivity index (χ3n) is 2.36. The molecule has 0 saturated carbocycles. The number of carbonyl (C=O) groups is 2. The molecular weight excluding hydrogens is 302 g/mol. The molecule has 0 aliphatic rings. The molecule has 0 aliphatic heterocycles. The molecular formula is C12H10BrNO4. The summed E-state index contributed by atoms with van der Waals surface area (Å²) < 4.78 is 0. The Morgan fingerprint density at radius 2 is 2.06 bits per heavy atom. The minimum absolute atomic E-state index is 0.0242. The van der Waals surface area contributed by atoms with Crippen molar-refractivity contribution in [1.82, 2.24) is 0 Å². The Morgan fingerprint density at radius 1 is 1.44 bits per heavy atom. The molecule has 1 aromatic rings. The van der Waals surface area contributed by atoms with Crippen molar-refractivity contribution in [3.8, 4) is 6.07 Å². The van der Waals surface area contributed by atoms with E-state index in [2.05, 4.69) is 15.9 Å². The number of halogens is 1. The van der Waals surface area contributed by atoms with Crippen molar-refractivity contribution in [2.24, 2.45) is 0 Å². The van der Waals surface area contributed by atoms with E-state index in [0.717, 1.165) is 0 Å². The van der Waals surface area contributed by atoms with Crippen molar-refractivity contribution in [2.45, 2.75) is 17.9 Å². The lowest BCUT2D eigenvalue weighted by Crippen LogP contribution is -2.19. The second kappa shape index (κ2) is 5.76. The van der Waals surface area contributed by atoms with Gasteiger partial charge in [0.05, 0.1) is 16.5 Å². The number of carboxylic acids is 1. The molecule has 0 saturated heterocycles. The van der Waals surface area contributed by atoms with Gasteiger partial charge in [-0.1, -0.05) is 28.1 Å². The summed E-state index contributed by atoms with van der Waals surface area (Å²) in [6, 6.07) is 6.00. The van der Waals surface area contributed by atoms with Gasteiger partial charge in [-0.05, 0) is 13.0 Å². The Morgan fingerprint density at radius 3 is 2.50 bits per heavy atom. The number of aliphatic carboxylic acids is 1. The molecule has 2 unspecified atom stereocenters. The van der Waals surface area contributed by atoms with E-state index < -0.39 is 16.9 Å². The third kappa shape index (κ3) is 2.75. The summed E-state index contributed by atoms with van der Waals surface area (Å²) >= 11 is 3.08. The van der Waals surface area contributed by atoms with Gasteiger partial charge in [-0.25, -0.2) is 4.79 Å². The standard InChI is InChI=1S/C12H10BrNO4/c1-6(13)10(15)8-4-2-3-7(5-14)9(8)11(16)12(17)18/h2-4,6,11,16H,1H3,(H,17,18). The summed E-state index contributed by atoms with van der Waals surface area (Å²) in [5, 5.41) is 27.3. The molecule has 1 rings (SSSR count). The average Bonchev–Trinajstić information content (AvgIpc) is 2.35. The zero-order chi connectivity index (χ0) is 13.9. The predicted octanol–water partition coefficient (Wildman–Crippen LogP) is 1.64. The van der Waals surface area contributed by atoms with Gasteiger partial charge >= 0.3 is 5.97 Å². The number of alkyl halides is 1. The van der Waals surface area contributed by atoms with Crippen molar-refractivity contribution in [3.05, 3.63) is 34.9 Å². The van der Waals surface area contributed by atoms with Crippen LogP contribution in [0.4, 0.5) is 0 Å². The lowest BCUT2D eigenvalue weighted by Gasteiger charge is -2.14. The van der Waals surface area contributed by atoms with Gasteiger partial charge in [0.1, 0.15) is 0 Å². The van der Waals surface area contributed by atoms with Gasteiger partial charge in [0.2, 0.25) is 0 Å². The molecule has 5 nitrogen and oxygen atoms in total. The summed E-state index contributed by atoms with van der Waals surface area (Å²) in [5.74, 6) is -1.89. The second-order valence-corrected chi connectivity index (χ2v) is 4.97. The van der Waals surface area contributed by atoms with Gasteiger partial charge in [0.25, 0.3) is 0 Å². The smallest absolute Gasteiger partial charge is 0.337 e. The maximum atomic E-state index is 11.9. The van der Waals surface area contributed by atoms with Crippen LogP contribution < -0.4 is 0 Å². The Kier molecular flexibility index (Phi) is 4.59. The number of aliphatic hydroxyl groups excluding tert-OH is 1. The van der Waals surface area contributed by atoms with Gasteiger partial charge in [0, 0.05) is 11.1 Å². The monoisotopic (exact) mass is 311 g/mol. The van der Waals surface area contributed by atoms with Gasteiger partial charge in [-0.15, -0.1) is 0 Å². The second-order valence-electron chi connectivity index (χ2n) is 3.60. The highest BCUT2D eigenvalue weighted by molar-refractivity contribution is 9.10. The van der Waals surface area contributed by atoms with Gasteiger partial charge in [-0.2, -0.15) is 5.26 Å². The number of nitrogens with zero attached hydrogens (tertiary/aromatic N) is 1. The molecule has 18 heavy (non-hydrogen) atoms. The largest absolute Gasteiger partial charge is 0.479 e. The number of hydrogen-bond acceptors (Lipinski definition) is 4. The summed E-state index contributed by atoms with van der Waals surface area (Å²) in [6.45, 7) is 1.58. The highest BCUT2D eigenvalue weighted by Crippen LogP contribution is 2.25. The van der Waals surface area contributed by atoms with Crippen LogP contribution in [0.15, 0.2) is 18.2 Å². The van der Waals surface area contributed by atoms with E-state index in [4.69, 9.17) is 10.4 Å². The predicted molar refractivity (Wildman–Crippen MR) is 66.5 cm³/mol. The summed E-state index contributed by atoms with van der Waals surface area (Å²) in [7, 11) is 0. The number of rotatable bonds is 4. The highest BCUT2D eigenvalue weighted by Gasteiger charge is 2.27. The minimum Gasteiger partial charge on any atom is -0.479 e. The first-order valence-electron chi connectivity index (χ1n) is 5.02. The van der Waals surface area contributed by atoms with E-state index in [9.17, 15) is 14.7 Å². The zero-order valence-electron chi connectivity index (χ0n) is 9.42.